The first kappa shape index (κ1) is 14.6. The van der Waals surface area contributed by atoms with Gasteiger partial charge in [-0.2, -0.15) is 0 Å². The van der Waals surface area contributed by atoms with E-state index in [2.05, 4.69) is 5.32 Å². The minimum Gasteiger partial charge on any atom is -0.466 e. The number of ketones is 1. The standard InChI is InChI=1S/C10H17NO3.BrH/c1-3-14-10(13)8-4-5-11-9(6-8)7(2)12;/h8-9,11H,3-6H2,1-2H3;1H. The molecule has 0 aromatic rings. The number of piperidine rings is 1. The lowest BCUT2D eigenvalue weighted by atomic mass is 9.91. The zero-order valence-electron chi connectivity index (χ0n) is 9.12. The van der Waals surface area contributed by atoms with Gasteiger partial charge in [-0.05, 0) is 33.2 Å². The summed E-state index contributed by atoms with van der Waals surface area (Å²) < 4.78 is 4.93. The molecule has 0 aromatic heterocycles. The van der Waals surface area contributed by atoms with Crippen molar-refractivity contribution in [3.8, 4) is 0 Å². The largest absolute Gasteiger partial charge is 0.466 e. The Morgan fingerprint density at radius 1 is 1.47 bits per heavy atom. The van der Waals surface area contributed by atoms with Crippen LogP contribution in [0.25, 0.3) is 0 Å². The molecule has 1 aliphatic rings. The van der Waals surface area contributed by atoms with E-state index in [0.29, 0.717) is 19.6 Å². The van der Waals surface area contributed by atoms with E-state index in [-0.39, 0.29) is 40.7 Å². The highest BCUT2D eigenvalue weighted by Crippen LogP contribution is 2.18. The lowest BCUT2D eigenvalue weighted by Crippen LogP contribution is -2.44. The van der Waals surface area contributed by atoms with Crippen LogP contribution >= 0.6 is 17.0 Å². The second-order valence-corrected chi connectivity index (χ2v) is 3.59. The Hall–Kier alpha value is -0.420. The number of hydrogen-bond donors (Lipinski definition) is 1. The van der Waals surface area contributed by atoms with Gasteiger partial charge in [0.25, 0.3) is 0 Å². The number of nitrogens with one attached hydrogen (secondary N) is 1. The van der Waals surface area contributed by atoms with Crippen LogP contribution in [0.4, 0.5) is 0 Å². The van der Waals surface area contributed by atoms with Crippen molar-refractivity contribution in [1.82, 2.24) is 5.32 Å². The summed E-state index contributed by atoms with van der Waals surface area (Å²) in [4.78, 5) is 22.5. The molecule has 1 aliphatic heterocycles. The first-order valence-electron chi connectivity index (χ1n) is 5.05. The summed E-state index contributed by atoms with van der Waals surface area (Å²) in [7, 11) is 0. The van der Waals surface area contributed by atoms with Crippen LogP contribution in [0.5, 0.6) is 0 Å². The molecule has 0 saturated carbocycles. The van der Waals surface area contributed by atoms with E-state index in [0.717, 1.165) is 6.42 Å². The predicted molar refractivity (Wildman–Crippen MR) is 62.2 cm³/mol. The third-order valence-corrected chi connectivity index (χ3v) is 2.51. The molecule has 0 spiro atoms. The topological polar surface area (TPSA) is 55.4 Å². The van der Waals surface area contributed by atoms with Gasteiger partial charge in [0.05, 0.1) is 18.6 Å². The fourth-order valence-electron chi connectivity index (χ4n) is 1.70. The van der Waals surface area contributed by atoms with Gasteiger partial charge < -0.3 is 10.1 Å². The van der Waals surface area contributed by atoms with Crippen molar-refractivity contribution in [2.75, 3.05) is 13.2 Å². The predicted octanol–water partition coefficient (Wildman–Crippen LogP) is 1.08. The van der Waals surface area contributed by atoms with Gasteiger partial charge in [-0.25, -0.2) is 0 Å². The lowest BCUT2D eigenvalue weighted by molar-refractivity contribution is -0.149. The molecule has 1 saturated heterocycles. The van der Waals surface area contributed by atoms with E-state index in [9.17, 15) is 9.59 Å². The second kappa shape index (κ2) is 6.95. The fourth-order valence-corrected chi connectivity index (χ4v) is 1.70. The minimum atomic E-state index is -0.168. The third-order valence-electron chi connectivity index (χ3n) is 2.51. The van der Waals surface area contributed by atoms with Gasteiger partial charge in [0, 0.05) is 0 Å². The number of carbonyl (C=O) groups excluding carboxylic acids is 2. The Morgan fingerprint density at radius 2 is 2.13 bits per heavy atom. The number of halogens is 1. The Labute approximate surface area is 101 Å². The average molecular weight is 280 g/mol. The molecular formula is C10H18BrNO3. The van der Waals surface area contributed by atoms with Crippen LogP contribution in [0.3, 0.4) is 0 Å². The van der Waals surface area contributed by atoms with Crippen molar-refractivity contribution in [3.05, 3.63) is 0 Å². The molecule has 1 fully saturated rings. The Balaban J connectivity index is 0.00000196. The van der Waals surface area contributed by atoms with Gasteiger partial charge in [0.1, 0.15) is 5.78 Å². The van der Waals surface area contributed by atoms with Crippen molar-refractivity contribution in [2.45, 2.75) is 32.7 Å². The number of Topliss-reactive ketones (excluding diaryl/α,β-unsaturated/α-hetero) is 1. The molecule has 5 heteroatoms. The number of esters is 1. The van der Waals surface area contributed by atoms with Crippen LogP contribution in [0.2, 0.25) is 0 Å². The van der Waals surface area contributed by atoms with Crippen LogP contribution in [-0.2, 0) is 14.3 Å². The highest BCUT2D eigenvalue weighted by atomic mass is 79.9. The molecule has 15 heavy (non-hydrogen) atoms. The van der Waals surface area contributed by atoms with Crippen molar-refractivity contribution in [3.63, 3.8) is 0 Å². The lowest BCUT2D eigenvalue weighted by Gasteiger charge is -2.27. The molecular weight excluding hydrogens is 262 g/mol. The third kappa shape index (κ3) is 4.30. The molecule has 2 atom stereocenters. The van der Waals surface area contributed by atoms with Gasteiger partial charge in [-0.1, -0.05) is 0 Å². The minimum absolute atomic E-state index is 0. The summed E-state index contributed by atoms with van der Waals surface area (Å²) in [5.74, 6) is -0.177. The summed E-state index contributed by atoms with van der Waals surface area (Å²) in [6.45, 7) is 4.47. The highest BCUT2D eigenvalue weighted by molar-refractivity contribution is 8.93. The van der Waals surface area contributed by atoms with Crippen LogP contribution in [0.15, 0.2) is 0 Å². The van der Waals surface area contributed by atoms with Crippen molar-refractivity contribution >= 4 is 28.7 Å². The van der Waals surface area contributed by atoms with Gasteiger partial charge in [0.2, 0.25) is 0 Å². The molecule has 1 rings (SSSR count). The number of ether oxygens (including phenoxy) is 1. The number of carbonyl (C=O) groups is 2. The van der Waals surface area contributed by atoms with E-state index in [4.69, 9.17) is 4.74 Å². The van der Waals surface area contributed by atoms with Gasteiger partial charge >= 0.3 is 5.97 Å². The normalized spacial score (nSPS) is 25.2. The molecule has 4 nitrogen and oxygen atoms in total. The SMILES string of the molecule is Br.CCOC(=O)C1CCNC(C(C)=O)C1. The monoisotopic (exact) mass is 279 g/mol. The van der Waals surface area contributed by atoms with Crippen LogP contribution < -0.4 is 5.32 Å². The summed E-state index contributed by atoms with van der Waals surface area (Å²) in [5.41, 5.74) is 0. The Kier molecular flexibility index (Phi) is 6.76. The Bertz CT molecular complexity index is 233. The van der Waals surface area contributed by atoms with E-state index in [1.54, 1.807) is 13.8 Å². The van der Waals surface area contributed by atoms with E-state index < -0.39 is 0 Å². The molecule has 0 aromatic carbocycles. The fraction of sp³-hybridized carbons (Fsp3) is 0.800. The second-order valence-electron chi connectivity index (χ2n) is 3.59. The molecule has 0 radical (unpaired) electrons. The van der Waals surface area contributed by atoms with Crippen LogP contribution in [-0.4, -0.2) is 30.9 Å². The maximum atomic E-state index is 11.4. The van der Waals surface area contributed by atoms with Gasteiger partial charge in [-0.15, -0.1) is 17.0 Å². The highest BCUT2D eigenvalue weighted by Gasteiger charge is 2.29. The van der Waals surface area contributed by atoms with E-state index in [1.807, 2.05) is 0 Å². The molecule has 88 valence electrons. The maximum Gasteiger partial charge on any atom is 0.309 e. The van der Waals surface area contributed by atoms with Crippen LogP contribution in [0, 0.1) is 5.92 Å². The maximum absolute atomic E-state index is 11.4. The van der Waals surface area contributed by atoms with Crippen molar-refractivity contribution < 1.29 is 14.3 Å². The zero-order valence-corrected chi connectivity index (χ0v) is 10.8. The molecule has 0 aliphatic carbocycles. The van der Waals surface area contributed by atoms with Gasteiger partial charge in [0.15, 0.2) is 0 Å². The molecule has 1 N–H and O–H groups in total. The van der Waals surface area contributed by atoms with Crippen molar-refractivity contribution in [2.24, 2.45) is 5.92 Å². The van der Waals surface area contributed by atoms with Gasteiger partial charge in [-0.3, -0.25) is 9.59 Å². The summed E-state index contributed by atoms with van der Waals surface area (Å²) in [5, 5.41) is 3.09. The van der Waals surface area contributed by atoms with Crippen molar-refractivity contribution in [1.29, 1.82) is 0 Å². The summed E-state index contributed by atoms with van der Waals surface area (Å²) in [6, 6.07) is -0.168. The van der Waals surface area contributed by atoms with E-state index in [1.165, 1.54) is 0 Å². The van der Waals surface area contributed by atoms with Crippen LogP contribution in [0.1, 0.15) is 26.7 Å². The first-order chi connectivity index (χ1) is 6.65. The average Bonchev–Trinajstić information content (AvgIpc) is 2.18. The summed E-state index contributed by atoms with van der Waals surface area (Å²) in [6.07, 6.45) is 1.34. The molecule has 0 amide bonds. The molecule has 0 bridgehead atoms. The Morgan fingerprint density at radius 3 is 2.67 bits per heavy atom. The zero-order chi connectivity index (χ0) is 10.6. The quantitative estimate of drug-likeness (QED) is 0.786. The molecule has 1 heterocycles. The van der Waals surface area contributed by atoms with E-state index >= 15 is 0 Å². The number of rotatable bonds is 3. The smallest absolute Gasteiger partial charge is 0.309 e. The molecule has 2 unspecified atom stereocenters. The summed E-state index contributed by atoms with van der Waals surface area (Å²) >= 11 is 0. The first-order valence-corrected chi connectivity index (χ1v) is 5.05. The number of hydrogen-bond acceptors (Lipinski definition) is 4.